The first-order valence-corrected chi connectivity index (χ1v) is 16.1. The molecule has 0 radical (unpaired) electrons. The van der Waals surface area contributed by atoms with Crippen LogP contribution < -0.4 is 16.6 Å². The highest BCUT2D eigenvalue weighted by Gasteiger charge is 2.50. The zero-order valence-corrected chi connectivity index (χ0v) is 23.4. The topological polar surface area (TPSA) is 163 Å². The van der Waals surface area contributed by atoms with Crippen LogP contribution in [0.2, 0.25) is 18.1 Å². The SMILES string of the molecule is CC(C)C(=O)Nc1nc2c(ncn2[C@@H]2O[C@H](CO[P+](C)=O)[C@@H](N)C2O[Si](C)(C)C(C)(C)C)c(=O)[nH]1. The van der Waals surface area contributed by atoms with Crippen LogP contribution in [0.1, 0.15) is 40.8 Å². The summed E-state index contributed by atoms with van der Waals surface area (Å²) in [4.78, 5) is 36.0. The van der Waals surface area contributed by atoms with Gasteiger partial charge in [-0.3, -0.25) is 24.5 Å². The largest absolute Gasteiger partial charge is 0.504 e. The maximum atomic E-state index is 12.7. The van der Waals surface area contributed by atoms with Crippen molar-refractivity contribution in [3.63, 3.8) is 0 Å². The minimum Gasteiger partial charge on any atom is -0.408 e. The van der Waals surface area contributed by atoms with Gasteiger partial charge in [0.1, 0.15) is 18.8 Å². The van der Waals surface area contributed by atoms with Gasteiger partial charge in [0.15, 0.2) is 32.4 Å². The van der Waals surface area contributed by atoms with Crippen molar-refractivity contribution in [2.75, 3.05) is 18.6 Å². The Morgan fingerprint density at radius 1 is 1.40 bits per heavy atom. The summed E-state index contributed by atoms with van der Waals surface area (Å²) in [6, 6.07) is -0.594. The molecule has 1 aliphatic rings. The van der Waals surface area contributed by atoms with E-state index >= 15 is 0 Å². The van der Waals surface area contributed by atoms with Crippen molar-refractivity contribution in [2.45, 2.75) is 77.2 Å². The fourth-order valence-electron chi connectivity index (χ4n) is 3.39. The van der Waals surface area contributed by atoms with Crippen LogP contribution in [-0.2, 0) is 23.0 Å². The van der Waals surface area contributed by atoms with Crippen molar-refractivity contribution in [1.82, 2.24) is 19.5 Å². The molecule has 1 fully saturated rings. The highest BCUT2D eigenvalue weighted by molar-refractivity contribution is 7.38. The monoisotopic (exact) mass is 527 g/mol. The molecule has 5 atom stereocenters. The molecular weight excluding hydrogens is 491 g/mol. The number of nitrogens with one attached hydrogen (secondary N) is 2. The number of hydrogen-bond donors (Lipinski definition) is 3. The number of H-pyrrole nitrogens is 1. The number of carbonyl (C=O) groups is 1. The van der Waals surface area contributed by atoms with Gasteiger partial charge in [-0.15, -0.1) is 4.52 Å². The smallest absolute Gasteiger partial charge is 0.408 e. The predicted octanol–water partition coefficient (Wildman–Crippen LogP) is 2.72. The first-order valence-electron chi connectivity index (χ1n) is 11.5. The van der Waals surface area contributed by atoms with E-state index in [2.05, 4.69) is 54.1 Å². The van der Waals surface area contributed by atoms with Crippen LogP contribution in [0.15, 0.2) is 11.1 Å². The quantitative estimate of drug-likeness (QED) is 0.346. The second kappa shape index (κ2) is 10.2. The second-order valence-electron chi connectivity index (χ2n) is 10.6. The number of aromatic amines is 1. The van der Waals surface area contributed by atoms with Gasteiger partial charge >= 0.3 is 8.03 Å². The molecular formula is C21H36N6O6PSi+. The summed E-state index contributed by atoms with van der Waals surface area (Å²) in [5.74, 6) is -0.581. The van der Waals surface area contributed by atoms with Crippen LogP contribution in [0.5, 0.6) is 0 Å². The Balaban J connectivity index is 2.05. The van der Waals surface area contributed by atoms with Crippen molar-refractivity contribution in [1.29, 1.82) is 0 Å². The zero-order valence-electron chi connectivity index (χ0n) is 21.5. The van der Waals surface area contributed by atoms with E-state index in [1.807, 2.05) is 0 Å². The number of nitrogens with zero attached hydrogens (tertiary/aromatic N) is 3. The lowest BCUT2D eigenvalue weighted by Crippen LogP contribution is -2.51. The maximum Gasteiger partial charge on any atom is 0.504 e. The maximum absolute atomic E-state index is 12.7. The van der Waals surface area contributed by atoms with Crippen LogP contribution in [0.3, 0.4) is 0 Å². The number of rotatable bonds is 8. The molecule has 35 heavy (non-hydrogen) atoms. The van der Waals surface area contributed by atoms with Gasteiger partial charge in [-0.2, -0.15) is 4.98 Å². The summed E-state index contributed by atoms with van der Waals surface area (Å²) in [6.45, 7) is 15.5. The number of fused-ring (bicyclic) bond motifs is 1. The summed E-state index contributed by atoms with van der Waals surface area (Å²) in [6.07, 6.45) is -0.528. The molecule has 3 heterocycles. The molecule has 12 nitrogen and oxygen atoms in total. The van der Waals surface area contributed by atoms with Crippen molar-refractivity contribution >= 4 is 39.4 Å². The number of aromatic nitrogens is 4. The summed E-state index contributed by atoms with van der Waals surface area (Å²) in [7, 11) is -4.14. The summed E-state index contributed by atoms with van der Waals surface area (Å²) < 4.78 is 31.4. The number of ether oxygens (including phenoxy) is 1. The fraction of sp³-hybridized carbons (Fsp3) is 0.714. The van der Waals surface area contributed by atoms with Gasteiger partial charge < -0.3 is 14.9 Å². The number of carbonyl (C=O) groups excluding carboxylic acids is 1. The average Bonchev–Trinajstić information content (AvgIpc) is 3.27. The third kappa shape index (κ3) is 5.87. The molecule has 3 rings (SSSR count). The van der Waals surface area contributed by atoms with Crippen LogP contribution in [0.4, 0.5) is 5.95 Å². The van der Waals surface area contributed by atoms with E-state index in [1.54, 1.807) is 18.4 Å². The minimum absolute atomic E-state index is 0.00923. The molecule has 0 aliphatic carbocycles. The Morgan fingerprint density at radius 3 is 2.63 bits per heavy atom. The summed E-state index contributed by atoms with van der Waals surface area (Å²) in [5.41, 5.74) is 6.39. The lowest BCUT2D eigenvalue weighted by molar-refractivity contribution is -0.118. The first-order chi connectivity index (χ1) is 16.1. The summed E-state index contributed by atoms with van der Waals surface area (Å²) >= 11 is 0. The minimum atomic E-state index is -2.30. The molecule has 0 aromatic carbocycles. The molecule has 194 valence electrons. The van der Waals surface area contributed by atoms with Gasteiger partial charge in [-0.1, -0.05) is 34.6 Å². The molecule has 4 N–H and O–H groups in total. The highest BCUT2D eigenvalue weighted by Crippen LogP contribution is 2.42. The van der Waals surface area contributed by atoms with E-state index in [4.69, 9.17) is 19.4 Å². The molecule has 2 aromatic rings. The first kappa shape index (κ1) is 27.6. The molecule has 1 amide bonds. The Bertz CT molecular complexity index is 1160. The fourth-order valence-corrected chi connectivity index (χ4v) is 5.05. The molecule has 1 aliphatic heterocycles. The van der Waals surface area contributed by atoms with E-state index < -0.39 is 46.4 Å². The summed E-state index contributed by atoms with van der Waals surface area (Å²) in [5, 5.41) is 2.51. The Kier molecular flexibility index (Phi) is 7.99. The van der Waals surface area contributed by atoms with E-state index in [0.29, 0.717) is 0 Å². The van der Waals surface area contributed by atoms with E-state index in [9.17, 15) is 14.2 Å². The van der Waals surface area contributed by atoms with Gasteiger partial charge in [0.05, 0.1) is 12.4 Å². The molecule has 2 aromatic heterocycles. The van der Waals surface area contributed by atoms with Crippen LogP contribution in [-0.4, -0.2) is 65.3 Å². The van der Waals surface area contributed by atoms with Crippen molar-refractivity contribution in [3.8, 4) is 0 Å². The third-order valence-corrected chi connectivity index (χ3v) is 11.5. The van der Waals surface area contributed by atoms with Crippen LogP contribution >= 0.6 is 8.03 Å². The third-order valence-electron chi connectivity index (χ3n) is 6.53. The molecule has 2 unspecified atom stereocenters. The Hall–Kier alpha value is -2.02. The zero-order chi connectivity index (χ0) is 26.3. The van der Waals surface area contributed by atoms with Gasteiger partial charge in [0.2, 0.25) is 11.9 Å². The lowest BCUT2D eigenvalue weighted by Gasteiger charge is -2.40. The second-order valence-corrected chi connectivity index (χ2v) is 16.5. The van der Waals surface area contributed by atoms with E-state index in [0.717, 1.165) is 0 Å². The Morgan fingerprint density at radius 2 is 2.06 bits per heavy atom. The van der Waals surface area contributed by atoms with E-state index in [-0.39, 0.29) is 40.6 Å². The van der Waals surface area contributed by atoms with Crippen molar-refractivity contribution in [3.05, 3.63) is 16.7 Å². The average molecular weight is 528 g/mol. The van der Waals surface area contributed by atoms with Gasteiger partial charge in [-0.25, -0.2) is 4.98 Å². The van der Waals surface area contributed by atoms with Gasteiger partial charge in [-0.05, 0) is 22.7 Å². The molecule has 1 saturated heterocycles. The highest BCUT2D eigenvalue weighted by atomic mass is 31.1. The lowest BCUT2D eigenvalue weighted by atomic mass is 10.1. The van der Waals surface area contributed by atoms with E-state index in [1.165, 1.54) is 13.0 Å². The number of anilines is 1. The Labute approximate surface area is 206 Å². The number of amides is 1. The standard InChI is InChI=1S/C21H35N6O6PSi/c1-11(2)17(28)25-20-24-16-14(18(29)26-20)23-10-27(16)19-15(33-35(7,8)21(3,4)5)13(22)12(32-19)9-31-34(6)30/h10-13,15,19H,9,22H2,1-8H3,(H-,24,25,26,28,29)/p+1/t12-,13-,15?,19-/m1/s1. The van der Waals surface area contributed by atoms with Gasteiger partial charge in [0, 0.05) is 5.92 Å². The van der Waals surface area contributed by atoms with Crippen molar-refractivity contribution in [2.24, 2.45) is 11.7 Å². The van der Waals surface area contributed by atoms with Crippen LogP contribution in [0, 0.1) is 5.92 Å². The predicted molar refractivity (Wildman–Crippen MR) is 135 cm³/mol. The van der Waals surface area contributed by atoms with Gasteiger partial charge in [0.25, 0.3) is 5.56 Å². The number of nitrogens with two attached hydrogens (primary N) is 1. The van der Waals surface area contributed by atoms with Crippen molar-refractivity contribution < 1.29 is 23.0 Å². The van der Waals surface area contributed by atoms with Crippen LogP contribution in [0.25, 0.3) is 11.2 Å². The molecule has 14 heteroatoms. The molecule has 0 spiro atoms. The molecule has 0 bridgehead atoms. The number of imidazole rings is 1. The normalized spacial score (nSPS) is 23.8. The number of hydrogen-bond acceptors (Lipinski definition) is 9. The molecule has 0 saturated carbocycles.